The quantitative estimate of drug-likeness (QED) is 0.755. The van der Waals surface area contributed by atoms with E-state index in [4.69, 9.17) is 4.74 Å². The topological polar surface area (TPSA) is 33.0 Å². The van der Waals surface area contributed by atoms with Gasteiger partial charge in [0.1, 0.15) is 0 Å². The molecule has 0 N–H and O–H groups in total. The molecule has 2 aliphatic rings. The predicted molar refractivity (Wildman–Crippen MR) is 70.2 cm³/mol. The van der Waals surface area contributed by atoms with Gasteiger partial charge in [0.15, 0.2) is 0 Å². The van der Waals surface area contributed by atoms with Crippen LogP contribution in [-0.2, 0) is 10.2 Å². The molecule has 1 aromatic carbocycles. The molecule has 2 heteroatoms. The molecule has 1 spiro atoms. The Morgan fingerprint density at radius 3 is 2.28 bits per heavy atom. The van der Waals surface area contributed by atoms with Crippen molar-refractivity contribution in [2.75, 3.05) is 13.2 Å². The molecule has 0 bridgehead atoms. The zero-order valence-corrected chi connectivity index (χ0v) is 10.9. The first-order valence-electron chi connectivity index (χ1n) is 6.74. The molecule has 18 heavy (non-hydrogen) atoms. The second-order valence-corrected chi connectivity index (χ2v) is 6.03. The molecular formula is C16H19NO. The van der Waals surface area contributed by atoms with E-state index >= 15 is 0 Å². The first-order valence-corrected chi connectivity index (χ1v) is 6.74. The monoisotopic (exact) mass is 241 g/mol. The molecule has 1 aliphatic heterocycles. The molecule has 3 rings (SSSR count). The normalized spacial score (nSPS) is 24.2. The third-order valence-electron chi connectivity index (χ3n) is 4.73. The van der Waals surface area contributed by atoms with Gasteiger partial charge >= 0.3 is 0 Å². The Morgan fingerprint density at radius 1 is 1.11 bits per heavy atom. The van der Waals surface area contributed by atoms with E-state index in [-0.39, 0.29) is 5.41 Å². The van der Waals surface area contributed by atoms with E-state index in [1.54, 1.807) is 0 Å². The molecule has 0 amide bonds. The van der Waals surface area contributed by atoms with Crippen LogP contribution in [0.1, 0.15) is 36.8 Å². The van der Waals surface area contributed by atoms with Crippen LogP contribution < -0.4 is 0 Å². The fraction of sp³-hybridized carbons (Fsp3) is 0.562. The Hall–Kier alpha value is -1.33. The molecule has 0 atom stereocenters. The van der Waals surface area contributed by atoms with Gasteiger partial charge in [0.2, 0.25) is 0 Å². The third-order valence-corrected chi connectivity index (χ3v) is 4.73. The van der Waals surface area contributed by atoms with Gasteiger partial charge in [-0.1, -0.05) is 29.8 Å². The maximum Gasteiger partial charge on any atom is 0.0833 e. The molecule has 1 heterocycles. The number of aryl methyl sites for hydroxylation is 1. The van der Waals surface area contributed by atoms with E-state index in [0.29, 0.717) is 5.41 Å². The van der Waals surface area contributed by atoms with Gasteiger partial charge in [-0.3, -0.25) is 0 Å². The van der Waals surface area contributed by atoms with Gasteiger partial charge in [-0.05, 0) is 43.6 Å². The summed E-state index contributed by atoms with van der Waals surface area (Å²) in [7, 11) is 0. The van der Waals surface area contributed by atoms with Crippen LogP contribution in [0.5, 0.6) is 0 Å². The van der Waals surface area contributed by atoms with Crippen LogP contribution in [0.4, 0.5) is 0 Å². The van der Waals surface area contributed by atoms with Crippen molar-refractivity contribution in [3.8, 4) is 6.07 Å². The first kappa shape index (κ1) is 11.7. The zero-order valence-electron chi connectivity index (χ0n) is 10.9. The molecule has 1 aromatic rings. The second kappa shape index (κ2) is 4.10. The Kier molecular flexibility index (Phi) is 2.68. The number of ether oxygens (including phenoxy) is 1. The SMILES string of the molecule is Cc1ccc(C2(C#N)CC3(CCOCC3)C2)cc1. The number of nitriles is 1. The fourth-order valence-corrected chi connectivity index (χ4v) is 3.61. The number of hydrogen-bond acceptors (Lipinski definition) is 2. The van der Waals surface area contributed by atoms with Crippen molar-refractivity contribution in [2.45, 2.75) is 38.0 Å². The summed E-state index contributed by atoms with van der Waals surface area (Å²) in [5.74, 6) is 0. The Labute approximate surface area is 109 Å². The lowest BCUT2D eigenvalue weighted by molar-refractivity contribution is -0.0578. The molecule has 2 fully saturated rings. The third kappa shape index (κ3) is 1.74. The Morgan fingerprint density at radius 2 is 1.72 bits per heavy atom. The number of rotatable bonds is 1. The Balaban J connectivity index is 1.82. The second-order valence-electron chi connectivity index (χ2n) is 6.03. The lowest BCUT2D eigenvalue weighted by Crippen LogP contribution is -2.51. The minimum absolute atomic E-state index is 0.231. The molecule has 2 nitrogen and oxygen atoms in total. The van der Waals surface area contributed by atoms with Gasteiger partial charge in [-0.2, -0.15) is 5.26 Å². The molecule has 1 aliphatic carbocycles. The highest BCUT2D eigenvalue weighted by Gasteiger charge is 2.55. The smallest absolute Gasteiger partial charge is 0.0833 e. The fourth-order valence-electron chi connectivity index (χ4n) is 3.61. The molecule has 0 radical (unpaired) electrons. The van der Waals surface area contributed by atoms with Crippen LogP contribution in [-0.4, -0.2) is 13.2 Å². The van der Waals surface area contributed by atoms with E-state index in [9.17, 15) is 5.26 Å². The highest BCUT2D eigenvalue weighted by molar-refractivity contribution is 5.39. The van der Waals surface area contributed by atoms with Crippen molar-refractivity contribution in [1.82, 2.24) is 0 Å². The first-order chi connectivity index (χ1) is 8.68. The number of nitrogens with zero attached hydrogens (tertiary/aromatic N) is 1. The predicted octanol–water partition coefficient (Wildman–Crippen LogP) is 3.35. The van der Waals surface area contributed by atoms with E-state index in [0.717, 1.165) is 38.9 Å². The molecule has 0 aromatic heterocycles. The van der Waals surface area contributed by atoms with Crippen molar-refractivity contribution in [1.29, 1.82) is 5.26 Å². The molecule has 0 unspecified atom stereocenters. The van der Waals surface area contributed by atoms with Crippen molar-refractivity contribution < 1.29 is 4.74 Å². The van der Waals surface area contributed by atoms with Crippen molar-refractivity contribution in [3.63, 3.8) is 0 Å². The highest BCUT2D eigenvalue weighted by Crippen LogP contribution is 2.59. The van der Waals surface area contributed by atoms with E-state index in [1.165, 1.54) is 11.1 Å². The summed E-state index contributed by atoms with van der Waals surface area (Å²) in [4.78, 5) is 0. The lowest BCUT2D eigenvalue weighted by Gasteiger charge is -2.55. The summed E-state index contributed by atoms with van der Waals surface area (Å²) < 4.78 is 5.44. The average Bonchev–Trinajstić information content (AvgIpc) is 2.37. The number of hydrogen-bond donors (Lipinski definition) is 0. The average molecular weight is 241 g/mol. The van der Waals surface area contributed by atoms with Crippen LogP contribution in [0.15, 0.2) is 24.3 Å². The van der Waals surface area contributed by atoms with Gasteiger partial charge in [-0.25, -0.2) is 0 Å². The van der Waals surface area contributed by atoms with Crippen LogP contribution in [0, 0.1) is 23.7 Å². The molecule has 94 valence electrons. The molecular weight excluding hydrogens is 222 g/mol. The number of benzene rings is 1. The van der Waals surface area contributed by atoms with Crippen LogP contribution >= 0.6 is 0 Å². The zero-order chi connectivity index (χ0) is 12.6. The van der Waals surface area contributed by atoms with Crippen molar-refractivity contribution in [3.05, 3.63) is 35.4 Å². The van der Waals surface area contributed by atoms with Gasteiger partial charge in [-0.15, -0.1) is 0 Å². The summed E-state index contributed by atoms with van der Waals surface area (Å²) in [5, 5.41) is 9.59. The molecule has 1 saturated carbocycles. The highest BCUT2D eigenvalue weighted by atomic mass is 16.5. The van der Waals surface area contributed by atoms with Crippen LogP contribution in [0.3, 0.4) is 0 Å². The minimum atomic E-state index is -0.231. The summed E-state index contributed by atoms with van der Waals surface area (Å²) in [6, 6.07) is 11.1. The van der Waals surface area contributed by atoms with E-state index in [2.05, 4.69) is 37.3 Å². The van der Waals surface area contributed by atoms with Gasteiger partial charge in [0.05, 0.1) is 11.5 Å². The van der Waals surface area contributed by atoms with E-state index in [1.807, 2.05) is 0 Å². The largest absolute Gasteiger partial charge is 0.381 e. The van der Waals surface area contributed by atoms with E-state index < -0.39 is 0 Å². The van der Waals surface area contributed by atoms with Gasteiger partial charge in [0, 0.05) is 13.2 Å². The standard InChI is InChI=1S/C16H19NO/c1-13-2-4-14(5-3-13)16(12-17)10-15(11-16)6-8-18-9-7-15/h2-5H,6-11H2,1H3. The summed E-state index contributed by atoms with van der Waals surface area (Å²) in [6.07, 6.45) is 4.29. The van der Waals surface area contributed by atoms with Crippen molar-refractivity contribution in [2.24, 2.45) is 5.41 Å². The summed E-state index contributed by atoms with van der Waals surface area (Å²) in [5.41, 5.74) is 2.61. The summed E-state index contributed by atoms with van der Waals surface area (Å²) >= 11 is 0. The van der Waals surface area contributed by atoms with Crippen LogP contribution in [0.2, 0.25) is 0 Å². The summed E-state index contributed by atoms with van der Waals surface area (Å²) in [6.45, 7) is 3.83. The maximum atomic E-state index is 9.59. The minimum Gasteiger partial charge on any atom is -0.381 e. The maximum absolute atomic E-state index is 9.59. The van der Waals surface area contributed by atoms with Crippen LogP contribution in [0.25, 0.3) is 0 Å². The molecule has 1 saturated heterocycles. The Bertz CT molecular complexity index is 469. The van der Waals surface area contributed by atoms with Crippen molar-refractivity contribution >= 4 is 0 Å². The lowest BCUT2D eigenvalue weighted by atomic mass is 9.48. The van der Waals surface area contributed by atoms with Gasteiger partial charge < -0.3 is 4.74 Å². The van der Waals surface area contributed by atoms with Gasteiger partial charge in [0.25, 0.3) is 0 Å².